The third kappa shape index (κ3) is 5.36. The molecule has 0 unspecified atom stereocenters. The number of aromatic nitrogens is 1. The van der Waals surface area contributed by atoms with Crippen molar-refractivity contribution in [1.29, 1.82) is 0 Å². The van der Waals surface area contributed by atoms with E-state index < -0.39 is 0 Å². The quantitative estimate of drug-likeness (QED) is 0.403. The normalized spacial score (nSPS) is 13.1. The molecule has 6 nitrogen and oxygen atoms in total. The minimum Gasteiger partial charge on any atom is -0.462 e. The minimum absolute atomic E-state index is 0.166. The Bertz CT molecular complexity index is 1130. The summed E-state index contributed by atoms with van der Waals surface area (Å²) in [6, 6.07) is 8.25. The third-order valence-electron chi connectivity index (χ3n) is 5.89. The summed E-state index contributed by atoms with van der Waals surface area (Å²) >= 11 is 1.50. The van der Waals surface area contributed by atoms with Crippen LogP contribution in [0.2, 0.25) is 0 Å². The highest BCUT2D eigenvalue weighted by Crippen LogP contribution is 2.38. The van der Waals surface area contributed by atoms with Gasteiger partial charge in [-0.25, -0.2) is 9.78 Å². The van der Waals surface area contributed by atoms with Crippen LogP contribution in [0.5, 0.6) is 0 Å². The first-order valence-corrected chi connectivity index (χ1v) is 12.4. The number of ether oxygens (including phenoxy) is 1. The SMILES string of the molecule is CCOC(=O)c1c(NC(=O)CCc2ncc(-c3ccc(C(C)C)cc3)o2)sc2c1CCCC2. The summed E-state index contributed by atoms with van der Waals surface area (Å²) in [6.07, 6.45) is 6.26. The van der Waals surface area contributed by atoms with Crippen LogP contribution in [0.15, 0.2) is 34.9 Å². The number of nitrogens with one attached hydrogen (secondary N) is 1. The van der Waals surface area contributed by atoms with Gasteiger partial charge >= 0.3 is 5.97 Å². The van der Waals surface area contributed by atoms with Crippen LogP contribution < -0.4 is 5.32 Å². The van der Waals surface area contributed by atoms with Crippen LogP contribution >= 0.6 is 11.3 Å². The van der Waals surface area contributed by atoms with Crippen molar-refractivity contribution in [1.82, 2.24) is 4.98 Å². The second-order valence-corrected chi connectivity index (χ2v) is 9.68. The van der Waals surface area contributed by atoms with E-state index in [1.807, 2.05) is 12.1 Å². The predicted molar refractivity (Wildman–Crippen MR) is 130 cm³/mol. The fraction of sp³-hybridized carbons (Fsp3) is 0.423. The highest BCUT2D eigenvalue weighted by molar-refractivity contribution is 7.17. The second kappa shape index (κ2) is 10.3. The van der Waals surface area contributed by atoms with Crippen molar-refractivity contribution in [2.75, 3.05) is 11.9 Å². The molecular weight excluding hydrogens is 436 g/mol. The lowest BCUT2D eigenvalue weighted by molar-refractivity contribution is -0.116. The molecule has 1 aliphatic rings. The van der Waals surface area contributed by atoms with Crippen LogP contribution in [0.1, 0.15) is 78.2 Å². The fourth-order valence-corrected chi connectivity index (χ4v) is 5.37. The van der Waals surface area contributed by atoms with Crippen molar-refractivity contribution in [2.24, 2.45) is 0 Å². The Kier molecular flexibility index (Phi) is 7.28. The summed E-state index contributed by atoms with van der Waals surface area (Å²) in [6.45, 7) is 6.42. The molecule has 1 amide bonds. The fourth-order valence-electron chi connectivity index (χ4n) is 4.07. The molecule has 0 atom stereocenters. The van der Waals surface area contributed by atoms with Crippen molar-refractivity contribution < 1.29 is 18.7 Å². The molecule has 0 spiro atoms. The Hall–Kier alpha value is -2.93. The molecule has 1 aliphatic carbocycles. The Balaban J connectivity index is 1.40. The number of nitrogens with zero attached hydrogens (tertiary/aromatic N) is 1. The summed E-state index contributed by atoms with van der Waals surface area (Å²) < 4.78 is 11.1. The topological polar surface area (TPSA) is 81.4 Å². The summed E-state index contributed by atoms with van der Waals surface area (Å²) in [5.74, 6) is 1.16. The maximum absolute atomic E-state index is 12.7. The molecule has 1 aromatic carbocycles. The Labute approximate surface area is 198 Å². The highest BCUT2D eigenvalue weighted by Gasteiger charge is 2.27. The van der Waals surface area contributed by atoms with Crippen molar-refractivity contribution in [2.45, 2.75) is 65.2 Å². The number of hydrogen-bond donors (Lipinski definition) is 1. The largest absolute Gasteiger partial charge is 0.462 e. The van der Waals surface area contributed by atoms with Gasteiger partial charge in [0.1, 0.15) is 5.00 Å². The third-order valence-corrected chi connectivity index (χ3v) is 7.09. The van der Waals surface area contributed by atoms with E-state index in [1.54, 1.807) is 13.1 Å². The predicted octanol–water partition coefficient (Wildman–Crippen LogP) is 6.15. The van der Waals surface area contributed by atoms with Gasteiger partial charge in [-0.2, -0.15) is 0 Å². The van der Waals surface area contributed by atoms with E-state index in [-0.39, 0.29) is 18.3 Å². The summed E-state index contributed by atoms with van der Waals surface area (Å²) in [5.41, 5.74) is 3.81. The van der Waals surface area contributed by atoms with Crippen LogP contribution in [-0.4, -0.2) is 23.5 Å². The highest BCUT2D eigenvalue weighted by atomic mass is 32.1. The molecule has 1 N–H and O–H groups in total. The van der Waals surface area contributed by atoms with Gasteiger partial charge in [0.2, 0.25) is 5.91 Å². The number of esters is 1. The first-order chi connectivity index (χ1) is 16.0. The average molecular weight is 467 g/mol. The lowest BCUT2D eigenvalue weighted by Crippen LogP contribution is -2.16. The zero-order valence-corrected chi connectivity index (χ0v) is 20.2. The molecule has 0 aliphatic heterocycles. The monoisotopic (exact) mass is 466 g/mol. The van der Waals surface area contributed by atoms with Gasteiger partial charge in [-0.15, -0.1) is 11.3 Å². The van der Waals surface area contributed by atoms with Crippen molar-refractivity contribution in [3.05, 3.63) is 57.9 Å². The summed E-state index contributed by atoms with van der Waals surface area (Å²) in [4.78, 5) is 30.8. The van der Waals surface area contributed by atoms with E-state index >= 15 is 0 Å². The van der Waals surface area contributed by atoms with Crippen LogP contribution in [0.4, 0.5) is 5.00 Å². The molecule has 33 heavy (non-hydrogen) atoms. The van der Waals surface area contributed by atoms with Crippen LogP contribution in [0.25, 0.3) is 11.3 Å². The number of oxazole rings is 1. The molecule has 4 rings (SSSR count). The first kappa shape index (κ1) is 23.2. The first-order valence-electron chi connectivity index (χ1n) is 11.6. The number of carbonyl (C=O) groups excluding carboxylic acids is 2. The lowest BCUT2D eigenvalue weighted by atomic mass is 9.95. The number of thiophene rings is 1. The van der Waals surface area contributed by atoms with Gasteiger partial charge in [0.05, 0.1) is 18.4 Å². The van der Waals surface area contributed by atoms with Crippen molar-refractivity contribution in [3.8, 4) is 11.3 Å². The number of hydrogen-bond acceptors (Lipinski definition) is 6. The van der Waals surface area contributed by atoms with Gasteiger partial charge in [0, 0.05) is 23.3 Å². The molecular formula is C26H30N2O4S. The molecule has 0 saturated carbocycles. The van der Waals surface area contributed by atoms with Crippen LogP contribution in [-0.2, 0) is 28.8 Å². The minimum atomic E-state index is -0.354. The van der Waals surface area contributed by atoms with E-state index in [4.69, 9.17) is 9.15 Å². The average Bonchev–Trinajstić information content (AvgIpc) is 3.42. The molecule has 2 aromatic heterocycles. The van der Waals surface area contributed by atoms with Crippen molar-refractivity contribution >= 4 is 28.2 Å². The maximum atomic E-state index is 12.7. The molecule has 0 saturated heterocycles. The van der Waals surface area contributed by atoms with Crippen LogP contribution in [0, 0.1) is 0 Å². The van der Waals surface area contributed by atoms with E-state index in [0.717, 1.165) is 36.8 Å². The second-order valence-electron chi connectivity index (χ2n) is 8.58. The van der Waals surface area contributed by atoms with Crippen LogP contribution in [0.3, 0.4) is 0 Å². The molecule has 0 fully saturated rings. The smallest absolute Gasteiger partial charge is 0.341 e. The van der Waals surface area contributed by atoms with E-state index in [1.165, 1.54) is 21.8 Å². The van der Waals surface area contributed by atoms with E-state index in [9.17, 15) is 9.59 Å². The Morgan fingerprint density at radius 3 is 2.67 bits per heavy atom. The standard InChI is InChI=1S/C26H30N2O4S/c1-4-31-26(30)24-19-7-5-6-8-21(19)33-25(24)28-22(29)13-14-23-27-15-20(32-23)18-11-9-17(10-12-18)16(2)3/h9-12,15-16H,4-8,13-14H2,1-3H3,(H,28,29). The Morgan fingerprint density at radius 2 is 1.94 bits per heavy atom. The maximum Gasteiger partial charge on any atom is 0.341 e. The van der Waals surface area contributed by atoms with Gasteiger partial charge in [-0.3, -0.25) is 4.79 Å². The molecule has 2 heterocycles. The number of benzene rings is 1. The van der Waals surface area contributed by atoms with Gasteiger partial charge in [-0.05, 0) is 49.7 Å². The molecule has 7 heteroatoms. The van der Waals surface area contributed by atoms with Gasteiger partial charge in [0.15, 0.2) is 11.7 Å². The number of carbonyl (C=O) groups is 2. The van der Waals surface area contributed by atoms with E-state index in [2.05, 4.69) is 36.3 Å². The molecule has 0 radical (unpaired) electrons. The van der Waals surface area contributed by atoms with Crippen molar-refractivity contribution in [3.63, 3.8) is 0 Å². The summed E-state index contributed by atoms with van der Waals surface area (Å²) in [5, 5.41) is 3.54. The van der Waals surface area contributed by atoms with Gasteiger partial charge in [-0.1, -0.05) is 38.1 Å². The number of amides is 1. The molecule has 174 valence electrons. The Morgan fingerprint density at radius 1 is 1.18 bits per heavy atom. The summed E-state index contributed by atoms with van der Waals surface area (Å²) in [7, 11) is 0. The lowest BCUT2D eigenvalue weighted by Gasteiger charge is -2.12. The number of aryl methyl sites for hydroxylation is 2. The number of rotatable bonds is 8. The molecule has 3 aromatic rings. The van der Waals surface area contributed by atoms with E-state index in [0.29, 0.717) is 41.2 Å². The number of anilines is 1. The zero-order valence-electron chi connectivity index (χ0n) is 19.4. The number of fused-ring (bicyclic) bond motifs is 1. The zero-order chi connectivity index (χ0) is 23.4. The van der Waals surface area contributed by atoms with Gasteiger partial charge < -0.3 is 14.5 Å². The molecule has 0 bridgehead atoms. The van der Waals surface area contributed by atoms with Gasteiger partial charge in [0.25, 0.3) is 0 Å².